The molecule has 0 aliphatic rings. The van der Waals surface area contributed by atoms with E-state index in [9.17, 15) is 5.11 Å². The van der Waals surface area contributed by atoms with Crippen LogP contribution in [0.3, 0.4) is 0 Å². The van der Waals surface area contributed by atoms with Gasteiger partial charge in [0.15, 0.2) is 0 Å². The van der Waals surface area contributed by atoms with Crippen molar-refractivity contribution in [3.63, 3.8) is 0 Å². The third-order valence-electron chi connectivity index (χ3n) is 3.22. The Morgan fingerprint density at radius 3 is 2.63 bits per heavy atom. The number of phenols is 1. The van der Waals surface area contributed by atoms with Crippen molar-refractivity contribution in [2.24, 2.45) is 0 Å². The number of aromatic hydroxyl groups is 1. The first-order valence-electron chi connectivity index (χ1n) is 6.34. The van der Waals surface area contributed by atoms with E-state index in [1.807, 2.05) is 0 Å². The van der Waals surface area contributed by atoms with Crippen molar-refractivity contribution in [2.45, 2.75) is 26.4 Å². The summed E-state index contributed by atoms with van der Waals surface area (Å²) in [5.41, 5.74) is 3.21. The van der Waals surface area contributed by atoms with Crippen LogP contribution in [0.4, 0.5) is 0 Å². The minimum Gasteiger partial charge on any atom is -0.508 e. The number of nitrogens with one attached hydrogen (secondary N) is 1. The molecule has 0 aromatic heterocycles. The molecule has 19 heavy (non-hydrogen) atoms. The van der Waals surface area contributed by atoms with E-state index in [1.54, 1.807) is 18.2 Å². The summed E-state index contributed by atoms with van der Waals surface area (Å²) in [6.45, 7) is 4.72. The highest BCUT2D eigenvalue weighted by Crippen LogP contribution is 2.25. The Morgan fingerprint density at radius 1 is 1.21 bits per heavy atom. The summed E-state index contributed by atoms with van der Waals surface area (Å²) >= 11 is 6.08. The van der Waals surface area contributed by atoms with Gasteiger partial charge in [-0.1, -0.05) is 47.5 Å². The predicted molar refractivity (Wildman–Crippen MR) is 79.6 cm³/mol. The second-order valence-corrected chi connectivity index (χ2v) is 5.16. The van der Waals surface area contributed by atoms with Gasteiger partial charge in [0.1, 0.15) is 5.75 Å². The number of halogens is 1. The van der Waals surface area contributed by atoms with Gasteiger partial charge in [0.05, 0.1) is 0 Å². The van der Waals surface area contributed by atoms with Crippen molar-refractivity contribution in [1.82, 2.24) is 5.32 Å². The Bertz CT molecular complexity index is 548. The number of aryl methyl sites for hydroxylation is 1. The quantitative estimate of drug-likeness (QED) is 0.876. The van der Waals surface area contributed by atoms with Crippen molar-refractivity contribution >= 4 is 11.6 Å². The van der Waals surface area contributed by atoms with Crippen LogP contribution >= 0.6 is 11.6 Å². The van der Waals surface area contributed by atoms with Gasteiger partial charge in [-0.25, -0.2) is 0 Å². The largest absolute Gasteiger partial charge is 0.508 e. The molecular weight excluding hydrogens is 258 g/mol. The summed E-state index contributed by atoms with van der Waals surface area (Å²) in [4.78, 5) is 0. The van der Waals surface area contributed by atoms with Gasteiger partial charge >= 0.3 is 0 Å². The monoisotopic (exact) mass is 275 g/mol. The molecule has 0 bridgehead atoms. The molecule has 3 heteroatoms. The first-order chi connectivity index (χ1) is 9.08. The molecule has 0 radical (unpaired) electrons. The minimum atomic E-state index is 0.204. The van der Waals surface area contributed by atoms with E-state index in [-0.39, 0.29) is 11.8 Å². The average Bonchev–Trinajstić information content (AvgIpc) is 2.38. The molecule has 0 aliphatic carbocycles. The third-order valence-corrected chi connectivity index (χ3v) is 3.58. The topological polar surface area (TPSA) is 32.3 Å². The van der Waals surface area contributed by atoms with Gasteiger partial charge in [-0.15, -0.1) is 0 Å². The highest BCUT2D eigenvalue weighted by Gasteiger charge is 2.09. The summed E-state index contributed by atoms with van der Waals surface area (Å²) in [7, 11) is 0. The lowest BCUT2D eigenvalue weighted by molar-refractivity contribution is 0.460. The van der Waals surface area contributed by atoms with Gasteiger partial charge in [0, 0.05) is 23.2 Å². The predicted octanol–water partition coefficient (Wildman–Crippen LogP) is 4.20. The zero-order valence-corrected chi connectivity index (χ0v) is 11.9. The average molecular weight is 276 g/mol. The lowest BCUT2D eigenvalue weighted by Gasteiger charge is -2.16. The van der Waals surface area contributed by atoms with Gasteiger partial charge < -0.3 is 10.4 Å². The van der Waals surface area contributed by atoms with Gasteiger partial charge in [0.2, 0.25) is 0 Å². The van der Waals surface area contributed by atoms with Crippen molar-refractivity contribution in [3.05, 3.63) is 64.2 Å². The molecule has 1 atom stereocenters. The van der Waals surface area contributed by atoms with Crippen LogP contribution in [-0.4, -0.2) is 5.11 Å². The highest BCUT2D eigenvalue weighted by atomic mass is 35.5. The van der Waals surface area contributed by atoms with Gasteiger partial charge in [-0.3, -0.25) is 0 Å². The van der Waals surface area contributed by atoms with Crippen LogP contribution in [0, 0.1) is 6.92 Å². The van der Waals surface area contributed by atoms with Gasteiger partial charge in [0.25, 0.3) is 0 Å². The van der Waals surface area contributed by atoms with Crippen LogP contribution in [0.1, 0.15) is 29.7 Å². The highest BCUT2D eigenvalue weighted by molar-refractivity contribution is 6.31. The smallest absolute Gasteiger partial charge is 0.121 e. The van der Waals surface area contributed by atoms with Crippen LogP contribution in [0.5, 0.6) is 5.75 Å². The molecule has 0 spiro atoms. The first-order valence-corrected chi connectivity index (χ1v) is 6.72. The van der Waals surface area contributed by atoms with Crippen LogP contribution < -0.4 is 5.32 Å². The van der Waals surface area contributed by atoms with Crippen molar-refractivity contribution in [2.75, 3.05) is 0 Å². The molecule has 2 N–H and O–H groups in total. The molecule has 2 rings (SSSR count). The summed E-state index contributed by atoms with van der Waals surface area (Å²) in [6, 6.07) is 13.8. The minimum absolute atomic E-state index is 0.204. The van der Waals surface area contributed by atoms with E-state index in [2.05, 4.69) is 43.4 Å². The lowest BCUT2D eigenvalue weighted by Crippen LogP contribution is -2.18. The van der Waals surface area contributed by atoms with Gasteiger partial charge in [-0.2, -0.15) is 0 Å². The Morgan fingerprint density at radius 2 is 1.95 bits per heavy atom. The van der Waals surface area contributed by atoms with E-state index >= 15 is 0 Å². The van der Waals surface area contributed by atoms with Crippen LogP contribution in [-0.2, 0) is 6.54 Å². The molecule has 0 amide bonds. The second-order valence-electron chi connectivity index (χ2n) is 4.75. The van der Waals surface area contributed by atoms with Gasteiger partial charge in [-0.05, 0) is 31.5 Å². The molecule has 0 saturated heterocycles. The van der Waals surface area contributed by atoms with E-state index in [1.165, 1.54) is 11.1 Å². The number of rotatable bonds is 4. The second kappa shape index (κ2) is 6.09. The third kappa shape index (κ3) is 3.49. The molecule has 100 valence electrons. The van der Waals surface area contributed by atoms with Crippen molar-refractivity contribution < 1.29 is 5.11 Å². The van der Waals surface area contributed by atoms with Crippen LogP contribution in [0.15, 0.2) is 42.5 Å². The number of benzene rings is 2. The number of hydrogen-bond donors (Lipinski definition) is 2. The summed E-state index contributed by atoms with van der Waals surface area (Å²) in [5.74, 6) is 0.233. The van der Waals surface area contributed by atoms with Crippen LogP contribution in [0.2, 0.25) is 5.02 Å². The molecule has 2 nitrogen and oxygen atoms in total. The zero-order valence-electron chi connectivity index (χ0n) is 11.2. The molecule has 2 aromatic carbocycles. The van der Waals surface area contributed by atoms with Crippen molar-refractivity contribution in [1.29, 1.82) is 0 Å². The maximum Gasteiger partial charge on any atom is 0.121 e. The molecule has 0 saturated carbocycles. The number of hydrogen-bond acceptors (Lipinski definition) is 2. The Kier molecular flexibility index (Phi) is 4.46. The Hall–Kier alpha value is -1.51. The lowest BCUT2D eigenvalue weighted by atomic mass is 10.1. The molecule has 0 fully saturated rings. The normalized spacial score (nSPS) is 12.4. The Balaban J connectivity index is 2.06. The number of phenolic OH excluding ortho intramolecular Hbond substituents is 1. The van der Waals surface area contributed by atoms with E-state index in [4.69, 9.17) is 11.6 Å². The fourth-order valence-electron chi connectivity index (χ4n) is 2.03. The molecule has 0 heterocycles. The molecule has 0 unspecified atom stereocenters. The fraction of sp³-hybridized carbons (Fsp3) is 0.250. The summed E-state index contributed by atoms with van der Waals surface area (Å²) in [5, 5.41) is 13.8. The zero-order chi connectivity index (χ0) is 13.8. The van der Waals surface area contributed by atoms with Crippen LogP contribution in [0.25, 0.3) is 0 Å². The SMILES string of the molecule is Cc1cccc([C@@H](C)NCc2c(O)cccc2Cl)c1. The summed E-state index contributed by atoms with van der Waals surface area (Å²) in [6.07, 6.45) is 0. The standard InChI is InChI=1S/C16H18ClNO/c1-11-5-3-6-13(9-11)12(2)18-10-14-15(17)7-4-8-16(14)19/h3-9,12,18-19H,10H2,1-2H3/t12-/m1/s1. The maximum atomic E-state index is 9.79. The maximum absolute atomic E-state index is 9.79. The molecular formula is C16H18ClNO. The fourth-order valence-corrected chi connectivity index (χ4v) is 2.27. The summed E-state index contributed by atoms with van der Waals surface area (Å²) < 4.78 is 0. The molecule has 0 aliphatic heterocycles. The Labute approximate surface area is 119 Å². The van der Waals surface area contributed by atoms with E-state index < -0.39 is 0 Å². The molecule has 2 aromatic rings. The van der Waals surface area contributed by atoms with Crippen molar-refractivity contribution in [3.8, 4) is 5.75 Å². The van der Waals surface area contributed by atoms with E-state index in [0.717, 1.165) is 5.56 Å². The first kappa shape index (κ1) is 13.9. The van der Waals surface area contributed by atoms with E-state index in [0.29, 0.717) is 11.6 Å².